The molecule has 0 unspecified atom stereocenters. The summed E-state index contributed by atoms with van der Waals surface area (Å²) in [5.74, 6) is 0.180. The van der Waals surface area contributed by atoms with Crippen molar-refractivity contribution in [3.8, 4) is 17.2 Å². The third-order valence-electron chi connectivity index (χ3n) is 2.95. The number of carboxylic acid groups (broad SMARTS) is 1. The Bertz CT molecular complexity index is 620. The Hall–Kier alpha value is -2.30. The molecule has 1 aromatic carbocycles. The highest BCUT2D eigenvalue weighted by molar-refractivity contribution is 5.70. The van der Waals surface area contributed by atoms with Gasteiger partial charge in [-0.2, -0.15) is 0 Å². The second kappa shape index (κ2) is 4.76. The van der Waals surface area contributed by atoms with Crippen LogP contribution in [0.25, 0.3) is 11.5 Å². The molecule has 1 aromatic heterocycles. The number of hydrogen-bond acceptors (Lipinski definition) is 4. The van der Waals surface area contributed by atoms with E-state index in [1.165, 1.54) is 0 Å². The monoisotopic (exact) mass is 261 g/mol. The van der Waals surface area contributed by atoms with Gasteiger partial charge in [0.25, 0.3) is 0 Å². The van der Waals surface area contributed by atoms with Crippen LogP contribution in [-0.4, -0.2) is 21.2 Å². The Morgan fingerprint density at radius 2 is 1.84 bits per heavy atom. The summed E-state index contributed by atoms with van der Waals surface area (Å²) in [4.78, 5) is 14.9. The van der Waals surface area contributed by atoms with Crippen molar-refractivity contribution < 1.29 is 19.4 Å². The van der Waals surface area contributed by atoms with Gasteiger partial charge in [0.2, 0.25) is 5.89 Å². The normalized spacial score (nSPS) is 10.7. The van der Waals surface area contributed by atoms with Crippen molar-refractivity contribution in [2.75, 3.05) is 0 Å². The molecular formula is C14H15NO4. The second-order valence-electron chi connectivity index (χ2n) is 4.55. The first-order valence-corrected chi connectivity index (χ1v) is 5.87. The number of nitrogens with zero attached hydrogens (tertiary/aromatic N) is 1. The van der Waals surface area contributed by atoms with Crippen LogP contribution in [0.3, 0.4) is 0 Å². The molecule has 5 heteroatoms. The number of oxazole rings is 1. The van der Waals surface area contributed by atoms with E-state index in [0.717, 1.165) is 16.7 Å². The van der Waals surface area contributed by atoms with E-state index in [9.17, 15) is 9.90 Å². The summed E-state index contributed by atoms with van der Waals surface area (Å²) in [6, 6.07) is 3.52. The lowest BCUT2D eigenvalue weighted by atomic mass is 10.1. The van der Waals surface area contributed by atoms with Crippen LogP contribution >= 0.6 is 0 Å². The molecule has 2 rings (SSSR count). The predicted molar refractivity (Wildman–Crippen MR) is 69.2 cm³/mol. The molecule has 0 aliphatic carbocycles. The summed E-state index contributed by atoms with van der Waals surface area (Å²) in [6.07, 6.45) is -0.161. The Morgan fingerprint density at radius 3 is 2.37 bits per heavy atom. The fourth-order valence-electron chi connectivity index (χ4n) is 1.94. The maximum Gasteiger partial charge on any atom is 0.309 e. The van der Waals surface area contributed by atoms with Gasteiger partial charge < -0.3 is 14.6 Å². The fraction of sp³-hybridized carbons (Fsp3) is 0.286. The van der Waals surface area contributed by atoms with Crippen molar-refractivity contribution in [2.45, 2.75) is 27.2 Å². The topological polar surface area (TPSA) is 83.6 Å². The van der Waals surface area contributed by atoms with Gasteiger partial charge in [0.15, 0.2) is 0 Å². The molecule has 0 saturated heterocycles. The largest absolute Gasteiger partial charge is 0.507 e. The van der Waals surface area contributed by atoms with Gasteiger partial charge in [-0.1, -0.05) is 0 Å². The van der Waals surface area contributed by atoms with E-state index in [4.69, 9.17) is 9.52 Å². The SMILES string of the molecule is Cc1cc(-c2nc(CC(=O)O)c(C)o2)cc(C)c1O. The Kier molecular flexibility index (Phi) is 3.29. The van der Waals surface area contributed by atoms with Crippen molar-refractivity contribution in [2.24, 2.45) is 0 Å². The lowest BCUT2D eigenvalue weighted by Gasteiger charge is -2.04. The molecule has 0 fully saturated rings. The smallest absolute Gasteiger partial charge is 0.309 e. The van der Waals surface area contributed by atoms with E-state index in [0.29, 0.717) is 17.3 Å². The van der Waals surface area contributed by atoms with E-state index in [-0.39, 0.29) is 12.2 Å². The minimum absolute atomic E-state index is 0.161. The standard InChI is InChI=1S/C14H15NO4/c1-7-4-10(5-8(2)13(7)18)14-15-11(6-12(16)17)9(3)19-14/h4-5,18H,6H2,1-3H3,(H,16,17). The van der Waals surface area contributed by atoms with E-state index in [1.54, 1.807) is 32.9 Å². The number of benzene rings is 1. The number of carbonyl (C=O) groups is 1. The summed E-state index contributed by atoms with van der Waals surface area (Å²) < 4.78 is 5.50. The van der Waals surface area contributed by atoms with Crippen molar-refractivity contribution >= 4 is 5.97 Å². The first kappa shape index (κ1) is 13.1. The molecule has 0 amide bonds. The summed E-state index contributed by atoms with van der Waals surface area (Å²) in [5, 5.41) is 18.5. The Labute approximate surface area is 110 Å². The summed E-state index contributed by atoms with van der Waals surface area (Å²) in [6.45, 7) is 5.27. The van der Waals surface area contributed by atoms with Crippen molar-refractivity contribution in [1.29, 1.82) is 0 Å². The average molecular weight is 261 g/mol. The van der Waals surface area contributed by atoms with Crippen LogP contribution < -0.4 is 0 Å². The number of rotatable bonds is 3. The molecule has 2 N–H and O–H groups in total. The van der Waals surface area contributed by atoms with Gasteiger partial charge in [0, 0.05) is 5.56 Å². The van der Waals surface area contributed by atoms with Gasteiger partial charge in [-0.05, 0) is 44.0 Å². The molecule has 0 spiro atoms. The van der Waals surface area contributed by atoms with E-state index in [1.807, 2.05) is 0 Å². The number of carboxylic acids is 1. The Morgan fingerprint density at radius 1 is 1.26 bits per heavy atom. The zero-order valence-corrected chi connectivity index (χ0v) is 11.0. The van der Waals surface area contributed by atoms with Crippen LogP contribution in [-0.2, 0) is 11.2 Å². The summed E-state index contributed by atoms with van der Waals surface area (Å²) in [7, 11) is 0. The van der Waals surface area contributed by atoms with E-state index >= 15 is 0 Å². The summed E-state index contributed by atoms with van der Waals surface area (Å²) >= 11 is 0. The minimum Gasteiger partial charge on any atom is -0.507 e. The molecule has 1 heterocycles. The zero-order valence-electron chi connectivity index (χ0n) is 11.0. The first-order chi connectivity index (χ1) is 8.88. The number of aryl methyl sites for hydroxylation is 3. The third-order valence-corrected chi connectivity index (χ3v) is 2.95. The number of phenols is 1. The van der Waals surface area contributed by atoms with E-state index in [2.05, 4.69) is 4.98 Å². The van der Waals surface area contributed by atoms with Crippen molar-refractivity contribution in [3.63, 3.8) is 0 Å². The third kappa shape index (κ3) is 2.59. The van der Waals surface area contributed by atoms with Crippen LogP contribution in [0.15, 0.2) is 16.5 Å². The van der Waals surface area contributed by atoms with Gasteiger partial charge in [-0.25, -0.2) is 4.98 Å². The fourth-order valence-corrected chi connectivity index (χ4v) is 1.94. The highest BCUT2D eigenvalue weighted by Crippen LogP contribution is 2.29. The first-order valence-electron chi connectivity index (χ1n) is 5.87. The molecule has 0 saturated carbocycles. The minimum atomic E-state index is -0.944. The number of aromatic nitrogens is 1. The highest BCUT2D eigenvalue weighted by Gasteiger charge is 2.15. The van der Waals surface area contributed by atoms with E-state index < -0.39 is 5.97 Å². The van der Waals surface area contributed by atoms with Crippen LogP contribution in [0.5, 0.6) is 5.75 Å². The number of aliphatic carboxylic acids is 1. The molecule has 2 aromatic rings. The molecule has 0 radical (unpaired) electrons. The molecule has 5 nitrogen and oxygen atoms in total. The molecule has 100 valence electrons. The molecule has 0 atom stereocenters. The van der Waals surface area contributed by atoms with Gasteiger partial charge in [-0.3, -0.25) is 4.79 Å². The predicted octanol–water partition coefficient (Wildman–Crippen LogP) is 2.60. The second-order valence-corrected chi connectivity index (χ2v) is 4.55. The maximum atomic E-state index is 10.7. The maximum absolute atomic E-state index is 10.7. The zero-order chi connectivity index (χ0) is 14.2. The average Bonchev–Trinajstić information content (AvgIpc) is 2.66. The van der Waals surface area contributed by atoms with Crippen LogP contribution in [0.2, 0.25) is 0 Å². The van der Waals surface area contributed by atoms with Crippen LogP contribution in [0.1, 0.15) is 22.6 Å². The molecule has 0 aliphatic heterocycles. The number of hydrogen-bond donors (Lipinski definition) is 2. The quantitative estimate of drug-likeness (QED) is 0.887. The highest BCUT2D eigenvalue weighted by atomic mass is 16.4. The number of aromatic hydroxyl groups is 1. The van der Waals surface area contributed by atoms with Crippen molar-refractivity contribution in [3.05, 3.63) is 34.7 Å². The Balaban J connectivity index is 2.45. The molecule has 19 heavy (non-hydrogen) atoms. The molecule has 0 bridgehead atoms. The number of phenolic OH excluding ortho intramolecular Hbond substituents is 1. The van der Waals surface area contributed by atoms with Crippen molar-refractivity contribution in [1.82, 2.24) is 4.98 Å². The van der Waals surface area contributed by atoms with Gasteiger partial charge in [0.05, 0.1) is 12.1 Å². The van der Waals surface area contributed by atoms with Crippen LogP contribution in [0, 0.1) is 20.8 Å². The lowest BCUT2D eigenvalue weighted by Crippen LogP contribution is -2.01. The van der Waals surface area contributed by atoms with Gasteiger partial charge in [0.1, 0.15) is 11.5 Å². The van der Waals surface area contributed by atoms with Gasteiger partial charge in [-0.15, -0.1) is 0 Å². The van der Waals surface area contributed by atoms with Gasteiger partial charge >= 0.3 is 5.97 Å². The molecule has 0 aliphatic rings. The molecular weight excluding hydrogens is 246 g/mol. The van der Waals surface area contributed by atoms with Crippen LogP contribution in [0.4, 0.5) is 0 Å². The summed E-state index contributed by atoms with van der Waals surface area (Å²) in [5.41, 5.74) is 2.61. The lowest BCUT2D eigenvalue weighted by molar-refractivity contribution is -0.136.